The van der Waals surface area contributed by atoms with Crippen LogP contribution in [0.25, 0.3) is 0 Å². The number of ether oxygens (including phenoxy) is 2. The van der Waals surface area contributed by atoms with Gasteiger partial charge in [0.25, 0.3) is 0 Å². The fraction of sp³-hybridized carbons (Fsp3) is 0.600. The molecule has 2 atom stereocenters. The topological polar surface area (TPSA) is 62.8 Å². The van der Waals surface area contributed by atoms with E-state index in [1.807, 2.05) is 18.2 Å². The number of carbonyl (C=O) groups excluding carboxylic acids is 1. The number of carbonyl (C=O) groups is 1. The molecule has 148 valence electrons. The van der Waals surface area contributed by atoms with E-state index in [4.69, 9.17) is 21.7 Å². The summed E-state index contributed by atoms with van der Waals surface area (Å²) in [6, 6.07) is 6.34. The molecule has 2 unspecified atom stereocenters. The second-order valence-electron chi connectivity index (χ2n) is 7.22. The van der Waals surface area contributed by atoms with Crippen LogP contribution in [0.2, 0.25) is 0 Å². The summed E-state index contributed by atoms with van der Waals surface area (Å²) >= 11 is 5.60. The molecule has 1 aromatic rings. The minimum absolute atomic E-state index is 0.00846. The van der Waals surface area contributed by atoms with Crippen molar-refractivity contribution in [2.75, 3.05) is 33.9 Å². The summed E-state index contributed by atoms with van der Waals surface area (Å²) < 4.78 is 11.1. The van der Waals surface area contributed by atoms with Gasteiger partial charge in [0.05, 0.1) is 20.1 Å². The van der Waals surface area contributed by atoms with Gasteiger partial charge < -0.3 is 25.0 Å². The number of para-hydroxylation sites is 1. The van der Waals surface area contributed by atoms with Crippen molar-refractivity contribution in [3.8, 4) is 11.5 Å². The summed E-state index contributed by atoms with van der Waals surface area (Å²) in [7, 11) is 3.27. The van der Waals surface area contributed by atoms with Gasteiger partial charge >= 0.3 is 0 Å². The van der Waals surface area contributed by atoms with Gasteiger partial charge in [-0.1, -0.05) is 19.1 Å². The summed E-state index contributed by atoms with van der Waals surface area (Å²) in [5, 5.41) is 7.19. The zero-order chi connectivity index (χ0) is 19.4. The summed E-state index contributed by atoms with van der Waals surface area (Å²) in [4.78, 5) is 15.0. The molecule has 0 radical (unpaired) electrons. The molecule has 0 spiro atoms. The van der Waals surface area contributed by atoms with Crippen molar-refractivity contribution in [3.63, 3.8) is 0 Å². The maximum atomic E-state index is 12.9. The van der Waals surface area contributed by atoms with Gasteiger partial charge in [-0.2, -0.15) is 0 Å². The summed E-state index contributed by atoms with van der Waals surface area (Å²) in [6.07, 6.45) is 3.25. The second-order valence-corrected chi connectivity index (χ2v) is 7.60. The van der Waals surface area contributed by atoms with Crippen LogP contribution in [-0.2, 0) is 4.79 Å². The van der Waals surface area contributed by atoms with E-state index in [0.29, 0.717) is 37.2 Å². The maximum Gasteiger partial charge on any atom is 0.225 e. The summed E-state index contributed by atoms with van der Waals surface area (Å²) in [5.41, 5.74) is 0.991. The molecular weight excluding hydrogens is 362 g/mol. The highest BCUT2D eigenvalue weighted by atomic mass is 32.1. The van der Waals surface area contributed by atoms with Gasteiger partial charge in [0.15, 0.2) is 16.6 Å². The van der Waals surface area contributed by atoms with Crippen LogP contribution in [0.4, 0.5) is 0 Å². The van der Waals surface area contributed by atoms with Crippen molar-refractivity contribution in [1.82, 2.24) is 15.5 Å². The predicted molar refractivity (Wildman–Crippen MR) is 109 cm³/mol. The third-order valence-corrected chi connectivity index (χ3v) is 5.61. The van der Waals surface area contributed by atoms with Gasteiger partial charge in [-0.05, 0) is 37.5 Å². The molecular formula is C20H29N3O3S. The Hall–Kier alpha value is -2.02. The third kappa shape index (κ3) is 4.46. The van der Waals surface area contributed by atoms with Gasteiger partial charge in [-0.15, -0.1) is 0 Å². The molecule has 7 heteroatoms. The van der Waals surface area contributed by atoms with Gasteiger partial charge in [0.2, 0.25) is 5.91 Å². The number of amides is 1. The highest BCUT2D eigenvalue weighted by molar-refractivity contribution is 7.80. The van der Waals surface area contributed by atoms with Crippen LogP contribution in [0.15, 0.2) is 18.2 Å². The zero-order valence-corrected chi connectivity index (χ0v) is 17.1. The second kappa shape index (κ2) is 8.78. The van der Waals surface area contributed by atoms with Gasteiger partial charge in [-0.3, -0.25) is 4.79 Å². The first-order valence-electron chi connectivity index (χ1n) is 9.63. The largest absolute Gasteiger partial charge is 0.493 e. The van der Waals surface area contributed by atoms with E-state index in [2.05, 4.69) is 22.5 Å². The molecule has 2 fully saturated rings. The molecule has 1 aliphatic heterocycles. The molecule has 1 saturated carbocycles. The van der Waals surface area contributed by atoms with Crippen molar-refractivity contribution in [3.05, 3.63) is 23.8 Å². The predicted octanol–water partition coefficient (Wildman–Crippen LogP) is 2.28. The first-order chi connectivity index (χ1) is 13.1. The van der Waals surface area contributed by atoms with E-state index in [1.54, 1.807) is 14.2 Å². The Kier molecular flexibility index (Phi) is 6.42. The van der Waals surface area contributed by atoms with Crippen molar-refractivity contribution in [2.24, 2.45) is 5.92 Å². The Morgan fingerprint density at radius 2 is 2.04 bits per heavy atom. The molecule has 2 aliphatic rings. The highest BCUT2D eigenvalue weighted by Gasteiger charge is 2.41. The van der Waals surface area contributed by atoms with Crippen molar-refractivity contribution >= 4 is 23.2 Å². The quantitative estimate of drug-likeness (QED) is 0.696. The molecule has 0 bridgehead atoms. The number of benzene rings is 1. The van der Waals surface area contributed by atoms with Crippen LogP contribution in [0.3, 0.4) is 0 Å². The van der Waals surface area contributed by atoms with Gasteiger partial charge in [0, 0.05) is 37.2 Å². The summed E-state index contributed by atoms with van der Waals surface area (Å²) in [5.74, 6) is 1.26. The average molecular weight is 392 g/mol. The zero-order valence-electron chi connectivity index (χ0n) is 16.3. The lowest BCUT2D eigenvalue weighted by atomic mass is 9.87. The SMILES string of the molecule is CCCNC(=O)C1CN(C(=S)NC2CC2)CC1c1cccc(OC)c1OC. The third-order valence-electron chi connectivity index (χ3n) is 5.23. The Morgan fingerprint density at radius 1 is 1.26 bits per heavy atom. The molecule has 1 aromatic carbocycles. The molecule has 3 rings (SSSR count). The monoisotopic (exact) mass is 391 g/mol. The van der Waals surface area contributed by atoms with Gasteiger partial charge in [-0.25, -0.2) is 0 Å². The van der Waals surface area contributed by atoms with E-state index in [1.165, 1.54) is 12.8 Å². The Morgan fingerprint density at radius 3 is 2.67 bits per heavy atom. The average Bonchev–Trinajstić information content (AvgIpc) is 3.38. The van der Waals surface area contributed by atoms with Crippen molar-refractivity contribution in [2.45, 2.75) is 38.1 Å². The highest BCUT2D eigenvalue weighted by Crippen LogP contribution is 2.42. The molecule has 1 aliphatic carbocycles. The fourth-order valence-corrected chi connectivity index (χ4v) is 3.94. The van der Waals surface area contributed by atoms with Crippen LogP contribution in [0, 0.1) is 5.92 Å². The van der Waals surface area contributed by atoms with E-state index in [0.717, 1.165) is 17.1 Å². The lowest BCUT2D eigenvalue weighted by Crippen LogP contribution is -2.40. The number of likely N-dealkylation sites (tertiary alicyclic amines) is 1. The lowest BCUT2D eigenvalue weighted by Gasteiger charge is -2.22. The van der Waals surface area contributed by atoms with E-state index < -0.39 is 0 Å². The first-order valence-corrected chi connectivity index (χ1v) is 10.0. The fourth-order valence-electron chi connectivity index (χ4n) is 3.63. The standard InChI is InChI=1S/C20H29N3O3S/c1-4-10-21-19(24)16-12-23(20(27)22-13-8-9-13)11-15(16)14-6-5-7-17(25-2)18(14)26-3/h5-7,13,15-16H,4,8-12H2,1-3H3,(H,21,24)(H,22,27). The van der Waals surface area contributed by atoms with Crippen LogP contribution in [-0.4, -0.2) is 55.8 Å². The number of hydrogen-bond donors (Lipinski definition) is 2. The Balaban J connectivity index is 1.86. The van der Waals surface area contributed by atoms with Crippen molar-refractivity contribution in [1.29, 1.82) is 0 Å². The molecule has 6 nitrogen and oxygen atoms in total. The van der Waals surface area contributed by atoms with Crippen LogP contribution in [0.5, 0.6) is 11.5 Å². The number of rotatable bonds is 7. The lowest BCUT2D eigenvalue weighted by molar-refractivity contribution is -0.124. The van der Waals surface area contributed by atoms with E-state index in [-0.39, 0.29) is 17.7 Å². The van der Waals surface area contributed by atoms with Crippen LogP contribution >= 0.6 is 12.2 Å². The number of hydrogen-bond acceptors (Lipinski definition) is 4. The smallest absolute Gasteiger partial charge is 0.225 e. The maximum absolute atomic E-state index is 12.9. The number of methoxy groups -OCH3 is 2. The molecule has 1 amide bonds. The molecule has 2 N–H and O–H groups in total. The summed E-state index contributed by atoms with van der Waals surface area (Å²) in [6.45, 7) is 4.03. The molecule has 27 heavy (non-hydrogen) atoms. The molecule has 0 aromatic heterocycles. The van der Waals surface area contributed by atoms with Gasteiger partial charge in [0.1, 0.15) is 0 Å². The van der Waals surface area contributed by atoms with E-state index in [9.17, 15) is 4.79 Å². The molecule has 1 saturated heterocycles. The van der Waals surface area contributed by atoms with Crippen LogP contribution in [0.1, 0.15) is 37.7 Å². The van der Waals surface area contributed by atoms with Crippen molar-refractivity contribution < 1.29 is 14.3 Å². The number of nitrogens with one attached hydrogen (secondary N) is 2. The minimum atomic E-state index is -0.184. The molecule has 1 heterocycles. The van der Waals surface area contributed by atoms with E-state index >= 15 is 0 Å². The first kappa shape index (κ1) is 19.7. The number of nitrogens with zero attached hydrogens (tertiary/aromatic N) is 1. The minimum Gasteiger partial charge on any atom is -0.493 e. The normalized spacial score (nSPS) is 21.7. The van der Waals surface area contributed by atoms with Crippen LogP contribution < -0.4 is 20.1 Å². The Bertz CT molecular complexity index is 693. The number of thiocarbonyl (C=S) groups is 1. The Labute approximate surface area is 166 Å².